The number of fused-ring (bicyclic) bond motifs is 1. The highest BCUT2D eigenvalue weighted by Crippen LogP contribution is 2.46. The molecule has 0 radical (unpaired) electrons. The van der Waals surface area contributed by atoms with Crippen molar-refractivity contribution in [1.29, 1.82) is 0 Å². The number of carbonyl (C=O) groups excluding carboxylic acids is 3. The highest BCUT2D eigenvalue weighted by atomic mass is 32.2. The van der Waals surface area contributed by atoms with Crippen LogP contribution in [0, 0.1) is 0 Å². The van der Waals surface area contributed by atoms with E-state index in [1.54, 1.807) is 57.2 Å². The van der Waals surface area contributed by atoms with Gasteiger partial charge >= 0.3 is 5.97 Å². The van der Waals surface area contributed by atoms with Crippen molar-refractivity contribution in [3.05, 3.63) is 77.9 Å². The first kappa shape index (κ1) is 26.1. The summed E-state index contributed by atoms with van der Waals surface area (Å²) in [6.45, 7) is 1.74. The highest BCUT2D eigenvalue weighted by Gasteiger charge is 2.31. The second-order valence-corrected chi connectivity index (χ2v) is 9.43. The molecule has 1 heterocycles. The molecular weight excluding hydrogens is 492 g/mol. The van der Waals surface area contributed by atoms with Crippen molar-refractivity contribution in [2.75, 3.05) is 37.6 Å². The Bertz CT molecular complexity index is 1310. The van der Waals surface area contributed by atoms with E-state index in [-0.39, 0.29) is 36.3 Å². The lowest BCUT2D eigenvalue weighted by atomic mass is 10.1. The first-order chi connectivity index (χ1) is 17.9. The van der Waals surface area contributed by atoms with Gasteiger partial charge in [-0.25, -0.2) is 4.79 Å². The minimum absolute atomic E-state index is 0.182. The zero-order valence-corrected chi connectivity index (χ0v) is 21.7. The molecule has 0 aliphatic carbocycles. The Morgan fingerprint density at radius 3 is 2.49 bits per heavy atom. The fourth-order valence-electron chi connectivity index (χ4n) is 4.10. The molecule has 0 spiro atoms. The lowest BCUT2D eigenvalue weighted by Crippen LogP contribution is -2.38. The summed E-state index contributed by atoms with van der Waals surface area (Å²) >= 11 is 1.56. The molecule has 0 aromatic heterocycles. The third-order valence-electron chi connectivity index (χ3n) is 5.86. The topological polar surface area (TPSA) is 94.2 Å². The molecule has 0 bridgehead atoms. The molecule has 37 heavy (non-hydrogen) atoms. The number of hydrogen-bond donors (Lipinski definition) is 1. The number of nitrogens with one attached hydrogen (secondary N) is 1. The highest BCUT2D eigenvalue weighted by molar-refractivity contribution is 7.99. The maximum Gasteiger partial charge on any atom is 0.340 e. The van der Waals surface area contributed by atoms with Crippen molar-refractivity contribution in [3.8, 4) is 11.5 Å². The van der Waals surface area contributed by atoms with Gasteiger partial charge in [0.1, 0.15) is 6.54 Å². The number of amides is 2. The number of ether oxygens (including phenoxy) is 3. The van der Waals surface area contributed by atoms with Crippen molar-refractivity contribution in [2.45, 2.75) is 23.5 Å². The van der Waals surface area contributed by atoms with Gasteiger partial charge in [-0.3, -0.25) is 9.59 Å². The van der Waals surface area contributed by atoms with E-state index in [9.17, 15) is 14.4 Å². The van der Waals surface area contributed by atoms with E-state index in [2.05, 4.69) is 5.32 Å². The lowest BCUT2D eigenvalue weighted by Gasteiger charge is -2.22. The zero-order chi connectivity index (χ0) is 26.4. The van der Waals surface area contributed by atoms with Crippen LogP contribution in [-0.2, 0) is 14.3 Å². The maximum absolute atomic E-state index is 13.5. The van der Waals surface area contributed by atoms with Crippen LogP contribution >= 0.6 is 11.8 Å². The number of benzene rings is 3. The van der Waals surface area contributed by atoms with Crippen LogP contribution in [0.5, 0.6) is 11.5 Å². The van der Waals surface area contributed by atoms with Crippen LogP contribution in [0.4, 0.5) is 11.4 Å². The van der Waals surface area contributed by atoms with E-state index in [0.717, 1.165) is 10.5 Å². The Balaban J connectivity index is 1.58. The molecule has 3 aromatic rings. The van der Waals surface area contributed by atoms with Crippen LogP contribution in [-0.4, -0.2) is 45.2 Å². The quantitative estimate of drug-likeness (QED) is 0.414. The van der Waals surface area contributed by atoms with Crippen LogP contribution < -0.4 is 19.7 Å². The molecule has 0 saturated heterocycles. The van der Waals surface area contributed by atoms with Crippen molar-refractivity contribution >= 4 is 40.9 Å². The molecule has 4 rings (SSSR count). The van der Waals surface area contributed by atoms with E-state index in [1.807, 2.05) is 42.5 Å². The van der Waals surface area contributed by atoms with Crippen LogP contribution in [0.2, 0.25) is 0 Å². The largest absolute Gasteiger partial charge is 0.493 e. The van der Waals surface area contributed by atoms with Crippen LogP contribution in [0.25, 0.3) is 0 Å². The second kappa shape index (κ2) is 11.8. The summed E-state index contributed by atoms with van der Waals surface area (Å²) in [6.07, 6.45) is 0.182. The molecular formula is C28H28N2O6S. The van der Waals surface area contributed by atoms with E-state index in [1.165, 1.54) is 4.90 Å². The minimum Gasteiger partial charge on any atom is -0.493 e. The number of carbonyl (C=O) groups is 3. The van der Waals surface area contributed by atoms with E-state index >= 15 is 0 Å². The summed E-state index contributed by atoms with van der Waals surface area (Å²) in [6, 6.07) is 19.8. The number of para-hydroxylation sites is 2. The van der Waals surface area contributed by atoms with Gasteiger partial charge in [0.2, 0.25) is 11.8 Å². The van der Waals surface area contributed by atoms with Crippen molar-refractivity contribution in [2.24, 2.45) is 0 Å². The minimum atomic E-state index is -0.524. The Labute approximate surface area is 219 Å². The third kappa shape index (κ3) is 5.89. The van der Waals surface area contributed by atoms with Crippen molar-refractivity contribution in [1.82, 2.24) is 0 Å². The Morgan fingerprint density at radius 2 is 1.73 bits per heavy atom. The van der Waals surface area contributed by atoms with Crippen molar-refractivity contribution in [3.63, 3.8) is 0 Å². The first-order valence-corrected chi connectivity index (χ1v) is 12.7. The number of nitrogens with zero attached hydrogens (tertiary/aromatic N) is 1. The van der Waals surface area contributed by atoms with E-state index < -0.39 is 11.9 Å². The van der Waals surface area contributed by atoms with Gasteiger partial charge in [0, 0.05) is 16.6 Å². The number of esters is 1. The van der Waals surface area contributed by atoms with Gasteiger partial charge in [-0.05, 0) is 48.9 Å². The SMILES string of the molecule is CCOC(=O)c1ccccc1NC(=O)CN1C(=O)C[C@H](c2ccc(OC)c(OC)c2)Sc2ccccc21. The van der Waals surface area contributed by atoms with Crippen LogP contribution in [0.3, 0.4) is 0 Å². The molecule has 1 atom stereocenters. The summed E-state index contributed by atoms with van der Waals surface area (Å²) in [5, 5.41) is 2.58. The predicted molar refractivity (Wildman–Crippen MR) is 143 cm³/mol. The number of thioether (sulfide) groups is 1. The number of rotatable bonds is 8. The van der Waals surface area contributed by atoms with E-state index in [4.69, 9.17) is 14.2 Å². The molecule has 1 N–H and O–H groups in total. The molecule has 192 valence electrons. The van der Waals surface area contributed by atoms with Gasteiger partial charge in [-0.15, -0.1) is 11.8 Å². The Hall–Kier alpha value is -3.98. The number of hydrogen-bond acceptors (Lipinski definition) is 7. The summed E-state index contributed by atoms with van der Waals surface area (Å²) in [7, 11) is 3.15. The molecule has 0 unspecified atom stereocenters. The van der Waals surface area contributed by atoms with Gasteiger partial charge in [0.25, 0.3) is 0 Å². The summed E-state index contributed by atoms with van der Waals surface area (Å²) in [4.78, 5) is 41.3. The maximum atomic E-state index is 13.5. The van der Waals surface area contributed by atoms with Gasteiger partial charge in [0.05, 0.1) is 37.8 Å². The predicted octanol–water partition coefficient (Wildman–Crippen LogP) is 5.09. The molecule has 0 fully saturated rings. The van der Waals surface area contributed by atoms with Crippen molar-refractivity contribution < 1.29 is 28.6 Å². The van der Waals surface area contributed by atoms with Crippen LogP contribution in [0.15, 0.2) is 71.6 Å². The first-order valence-electron chi connectivity index (χ1n) is 11.8. The molecule has 1 aliphatic heterocycles. The molecule has 3 aromatic carbocycles. The summed E-state index contributed by atoms with van der Waals surface area (Å²) in [5.74, 6) is 0.0596. The number of methoxy groups -OCH3 is 2. The molecule has 1 aliphatic rings. The van der Waals surface area contributed by atoms with Gasteiger partial charge in [0.15, 0.2) is 11.5 Å². The van der Waals surface area contributed by atoms with Crippen LogP contribution in [0.1, 0.15) is 34.5 Å². The average molecular weight is 521 g/mol. The fraction of sp³-hybridized carbons (Fsp3) is 0.250. The average Bonchev–Trinajstić information content (AvgIpc) is 3.05. The standard InChI is InChI=1S/C28H28N2O6S/c1-4-36-28(33)19-9-5-6-10-20(19)29-26(31)17-30-21-11-7-8-12-24(21)37-25(16-27(30)32)18-13-14-22(34-2)23(15-18)35-3/h5-15,25H,4,16-17H2,1-3H3,(H,29,31)/t25-/m1/s1. The number of anilines is 2. The lowest BCUT2D eigenvalue weighted by molar-refractivity contribution is -0.121. The fourth-order valence-corrected chi connectivity index (χ4v) is 5.37. The van der Waals surface area contributed by atoms with Gasteiger partial charge in [-0.2, -0.15) is 0 Å². The smallest absolute Gasteiger partial charge is 0.340 e. The molecule has 0 saturated carbocycles. The van der Waals surface area contributed by atoms with Gasteiger partial charge < -0.3 is 24.4 Å². The monoisotopic (exact) mass is 520 g/mol. The third-order valence-corrected chi connectivity index (χ3v) is 7.19. The molecule has 2 amide bonds. The molecule has 9 heteroatoms. The molecule has 8 nitrogen and oxygen atoms in total. The summed E-state index contributed by atoms with van der Waals surface area (Å²) < 4.78 is 15.9. The normalized spacial score (nSPS) is 14.8. The van der Waals surface area contributed by atoms with E-state index in [0.29, 0.717) is 22.9 Å². The van der Waals surface area contributed by atoms with Gasteiger partial charge in [-0.1, -0.05) is 30.3 Å². The Morgan fingerprint density at radius 1 is 1.00 bits per heavy atom. The second-order valence-electron chi connectivity index (χ2n) is 8.19. The zero-order valence-electron chi connectivity index (χ0n) is 20.9. The Kier molecular flexibility index (Phi) is 8.35. The summed E-state index contributed by atoms with van der Waals surface area (Å²) in [5.41, 5.74) is 2.17.